The molecular formula is C24H23ClN2O3S. The van der Waals surface area contributed by atoms with Crippen molar-refractivity contribution in [1.29, 1.82) is 0 Å². The van der Waals surface area contributed by atoms with Gasteiger partial charge in [0, 0.05) is 16.8 Å². The molecule has 0 saturated carbocycles. The van der Waals surface area contributed by atoms with Gasteiger partial charge in [-0.15, -0.1) is 0 Å². The summed E-state index contributed by atoms with van der Waals surface area (Å²) in [5.41, 5.74) is 3.21. The van der Waals surface area contributed by atoms with E-state index < -0.39 is 10.0 Å². The number of hydrogen-bond donors (Lipinski definition) is 0. The van der Waals surface area contributed by atoms with Crippen LogP contribution in [0.3, 0.4) is 0 Å². The number of nitrogens with zero attached hydrogens (tertiary/aromatic N) is 2. The Morgan fingerprint density at radius 2 is 1.77 bits per heavy atom. The lowest BCUT2D eigenvalue weighted by Gasteiger charge is -2.29. The summed E-state index contributed by atoms with van der Waals surface area (Å²) in [6, 6.07) is 20.8. The molecule has 1 amide bonds. The first kappa shape index (κ1) is 21.4. The van der Waals surface area contributed by atoms with Gasteiger partial charge in [-0.2, -0.15) is 0 Å². The molecule has 0 unspecified atom stereocenters. The first-order valence-corrected chi connectivity index (χ1v) is 11.8. The fourth-order valence-corrected chi connectivity index (χ4v) is 5.52. The SMILES string of the molecule is Cc1ccc(S(=O)(=O)N(CC(=O)N2c3ccccc3C[C@H]2C)c2cccc(Cl)c2)cc1. The molecule has 0 aromatic heterocycles. The highest BCUT2D eigenvalue weighted by atomic mass is 35.5. The number of aryl methyl sites for hydroxylation is 1. The number of rotatable bonds is 5. The number of para-hydroxylation sites is 1. The second kappa shape index (κ2) is 8.36. The zero-order chi connectivity index (χ0) is 22.2. The Kier molecular flexibility index (Phi) is 5.77. The summed E-state index contributed by atoms with van der Waals surface area (Å²) in [4.78, 5) is 15.2. The zero-order valence-electron chi connectivity index (χ0n) is 17.3. The average molecular weight is 455 g/mol. The zero-order valence-corrected chi connectivity index (χ0v) is 18.9. The molecule has 0 spiro atoms. The van der Waals surface area contributed by atoms with E-state index in [0.717, 1.165) is 27.5 Å². The van der Waals surface area contributed by atoms with Crippen LogP contribution in [0.25, 0.3) is 0 Å². The third-order valence-corrected chi connectivity index (χ3v) is 7.48. The summed E-state index contributed by atoms with van der Waals surface area (Å²) in [6.45, 7) is 3.53. The molecule has 3 aromatic carbocycles. The van der Waals surface area contributed by atoms with Crippen molar-refractivity contribution in [2.75, 3.05) is 15.7 Å². The Morgan fingerprint density at radius 3 is 2.48 bits per heavy atom. The standard InChI is InChI=1S/C24H23ClN2O3S/c1-17-10-12-22(13-11-17)31(29,30)26(21-8-5-7-20(25)15-21)16-24(28)27-18(2)14-19-6-3-4-9-23(19)27/h3-13,15,18H,14,16H2,1-2H3/t18-/m1/s1. The van der Waals surface area contributed by atoms with Gasteiger partial charge in [0.1, 0.15) is 6.54 Å². The molecule has 0 N–H and O–H groups in total. The quantitative estimate of drug-likeness (QED) is 0.555. The van der Waals surface area contributed by atoms with E-state index in [-0.39, 0.29) is 23.4 Å². The predicted molar refractivity (Wildman–Crippen MR) is 124 cm³/mol. The molecule has 7 heteroatoms. The van der Waals surface area contributed by atoms with Gasteiger partial charge >= 0.3 is 0 Å². The van der Waals surface area contributed by atoms with Crippen LogP contribution in [0, 0.1) is 6.92 Å². The summed E-state index contributed by atoms with van der Waals surface area (Å²) in [5.74, 6) is -0.284. The first-order valence-electron chi connectivity index (χ1n) is 10.0. The third-order valence-electron chi connectivity index (χ3n) is 5.46. The van der Waals surface area contributed by atoms with Crippen LogP contribution in [0.15, 0.2) is 77.7 Å². The Hall–Kier alpha value is -2.83. The number of amides is 1. The predicted octanol–water partition coefficient (Wildman–Crippen LogP) is 4.82. The largest absolute Gasteiger partial charge is 0.307 e. The summed E-state index contributed by atoms with van der Waals surface area (Å²) in [7, 11) is -3.98. The monoisotopic (exact) mass is 454 g/mol. The molecule has 0 fully saturated rings. The van der Waals surface area contributed by atoms with Gasteiger partial charge in [-0.3, -0.25) is 9.10 Å². The van der Waals surface area contributed by atoms with Gasteiger partial charge in [0.05, 0.1) is 10.6 Å². The second-order valence-corrected chi connectivity index (χ2v) is 10.0. The van der Waals surface area contributed by atoms with Crippen molar-refractivity contribution in [2.45, 2.75) is 31.2 Å². The number of halogens is 1. The maximum atomic E-state index is 13.5. The maximum Gasteiger partial charge on any atom is 0.264 e. The fraction of sp³-hybridized carbons (Fsp3) is 0.208. The van der Waals surface area contributed by atoms with Crippen molar-refractivity contribution >= 4 is 38.9 Å². The van der Waals surface area contributed by atoms with Gasteiger partial charge in [0.2, 0.25) is 5.91 Å². The topological polar surface area (TPSA) is 57.7 Å². The van der Waals surface area contributed by atoms with Gasteiger partial charge in [-0.1, -0.05) is 53.6 Å². The summed E-state index contributed by atoms with van der Waals surface area (Å²) in [6.07, 6.45) is 0.740. The van der Waals surface area contributed by atoms with Crippen molar-refractivity contribution in [3.05, 3.63) is 88.9 Å². The molecule has 0 saturated heterocycles. The molecule has 1 aliphatic rings. The normalized spacial score (nSPS) is 15.6. The van der Waals surface area contributed by atoms with E-state index in [0.29, 0.717) is 10.7 Å². The molecule has 0 aliphatic carbocycles. The van der Waals surface area contributed by atoms with Crippen LogP contribution in [0.2, 0.25) is 5.02 Å². The lowest BCUT2D eigenvalue weighted by Crippen LogP contribution is -2.45. The molecule has 1 aliphatic heterocycles. The van der Waals surface area contributed by atoms with Crippen molar-refractivity contribution in [3.8, 4) is 0 Å². The number of fused-ring (bicyclic) bond motifs is 1. The molecule has 160 valence electrons. The van der Waals surface area contributed by atoms with Crippen LogP contribution >= 0.6 is 11.6 Å². The Labute approximate surface area is 187 Å². The Bertz CT molecular complexity index is 1230. The molecule has 1 atom stereocenters. The van der Waals surface area contributed by atoms with Gasteiger partial charge in [0.25, 0.3) is 10.0 Å². The lowest BCUT2D eigenvalue weighted by molar-refractivity contribution is -0.117. The van der Waals surface area contributed by atoms with Crippen molar-refractivity contribution in [1.82, 2.24) is 0 Å². The minimum atomic E-state index is -3.98. The van der Waals surface area contributed by atoms with E-state index in [4.69, 9.17) is 11.6 Å². The first-order chi connectivity index (χ1) is 14.8. The number of hydrogen-bond acceptors (Lipinski definition) is 3. The van der Waals surface area contributed by atoms with Crippen molar-refractivity contribution < 1.29 is 13.2 Å². The van der Waals surface area contributed by atoms with E-state index >= 15 is 0 Å². The van der Waals surface area contributed by atoms with Gasteiger partial charge in [-0.25, -0.2) is 8.42 Å². The van der Waals surface area contributed by atoms with Crippen LogP contribution in [0.5, 0.6) is 0 Å². The number of sulfonamides is 1. The maximum absolute atomic E-state index is 13.5. The van der Waals surface area contributed by atoms with Crippen LogP contribution in [0.1, 0.15) is 18.1 Å². The van der Waals surface area contributed by atoms with Crippen LogP contribution in [0.4, 0.5) is 11.4 Å². The Balaban J connectivity index is 1.74. The summed E-state index contributed by atoms with van der Waals surface area (Å²) >= 11 is 6.14. The Morgan fingerprint density at radius 1 is 1.06 bits per heavy atom. The van der Waals surface area contributed by atoms with Crippen molar-refractivity contribution in [3.63, 3.8) is 0 Å². The van der Waals surface area contributed by atoms with Crippen molar-refractivity contribution in [2.24, 2.45) is 0 Å². The second-order valence-electron chi connectivity index (χ2n) is 7.75. The third kappa shape index (κ3) is 4.18. The highest BCUT2D eigenvalue weighted by Crippen LogP contribution is 2.33. The average Bonchev–Trinajstić information content (AvgIpc) is 3.07. The van der Waals surface area contributed by atoms with Crippen LogP contribution in [-0.4, -0.2) is 26.9 Å². The highest BCUT2D eigenvalue weighted by Gasteiger charge is 2.34. The molecule has 4 rings (SSSR count). The van der Waals surface area contributed by atoms with Gasteiger partial charge in [0.15, 0.2) is 0 Å². The molecular weight excluding hydrogens is 432 g/mol. The molecule has 1 heterocycles. The van der Waals surface area contributed by atoms with E-state index in [1.807, 2.05) is 38.1 Å². The smallest absolute Gasteiger partial charge is 0.264 e. The van der Waals surface area contributed by atoms with E-state index in [1.165, 1.54) is 0 Å². The molecule has 3 aromatic rings. The molecule has 5 nitrogen and oxygen atoms in total. The number of carbonyl (C=O) groups excluding carboxylic acids is 1. The van der Waals surface area contributed by atoms with E-state index in [1.54, 1.807) is 53.4 Å². The van der Waals surface area contributed by atoms with Gasteiger partial charge < -0.3 is 4.90 Å². The summed E-state index contributed by atoms with van der Waals surface area (Å²) < 4.78 is 28.2. The fourth-order valence-electron chi connectivity index (χ4n) is 3.93. The molecule has 0 bridgehead atoms. The molecule has 0 radical (unpaired) electrons. The number of anilines is 2. The molecule has 31 heavy (non-hydrogen) atoms. The van der Waals surface area contributed by atoms with E-state index in [2.05, 4.69) is 0 Å². The lowest BCUT2D eigenvalue weighted by atomic mass is 10.1. The van der Waals surface area contributed by atoms with Crippen LogP contribution < -0.4 is 9.21 Å². The number of benzene rings is 3. The van der Waals surface area contributed by atoms with Crippen LogP contribution in [-0.2, 0) is 21.2 Å². The number of carbonyl (C=O) groups is 1. The van der Waals surface area contributed by atoms with E-state index in [9.17, 15) is 13.2 Å². The highest BCUT2D eigenvalue weighted by molar-refractivity contribution is 7.92. The minimum absolute atomic E-state index is 0.0480. The summed E-state index contributed by atoms with van der Waals surface area (Å²) in [5, 5.41) is 0.397. The minimum Gasteiger partial charge on any atom is -0.307 e. The van der Waals surface area contributed by atoms with Gasteiger partial charge in [-0.05, 0) is 62.2 Å².